The first-order chi connectivity index (χ1) is 10.1. The fraction of sp³-hybridized carbons (Fsp3) is 0.250. The zero-order valence-electron chi connectivity index (χ0n) is 11.8. The number of carbonyl (C=O) groups excluding carboxylic acids is 3. The Bertz CT molecular complexity index is 703. The Morgan fingerprint density at radius 1 is 1.19 bits per heavy atom. The van der Waals surface area contributed by atoms with Gasteiger partial charge in [0.15, 0.2) is 5.78 Å². The van der Waals surface area contributed by atoms with Gasteiger partial charge in [-0.25, -0.2) is 4.79 Å². The number of benzene rings is 1. The molecule has 0 saturated carbocycles. The summed E-state index contributed by atoms with van der Waals surface area (Å²) in [7, 11) is 0. The molecular weight excluding hydrogens is 270 g/mol. The van der Waals surface area contributed by atoms with E-state index < -0.39 is 23.5 Å². The first kappa shape index (κ1) is 14.8. The highest BCUT2D eigenvalue weighted by Crippen LogP contribution is 2.20. The number of rotatable bonds is 5. The quantitative estimate of drug-likeness (QED) is 0.364. The predicted octanol–water partition coefficient (Wildman–Crippen LogP) is 2.19. The molecule has 0 aliphatic carbocycles. The lowest BCUT2D eigenvalue weighted by molar-refractivity contribution is -0.154. The monoisotopic (exact) mass is 285 g/mol. The van der Waals surface area contributed by atoms with Gasteiger partial charge in [-0.1, -0.05) is 18.2 Å². The number of esters is 1. The number of ketones is 2. The van der Waals surface area contributed by atoms with Crippen LogP contribution in [0.4, 0.5) is 0 Å². The first-order valence-electron chi connectivity index (χ1n) is 6.65. The first-order valence-corrected chi connectivity index (χ1v) is 6.65. The molecule has 2 aromatic rings. The molecule has 1 aromatic carbocycles. The zero-order valence-corrected chi connectivity index (χ0v) is 11.8. The van der Waals surface area contributed by atoms with Crippen molar-refractivity contribution < 1.29 is 19.1 Å². The van der Waals surface area contributed by atoms with Crippen molar-refractivity contribution in [3.8, 4) is 0 Å². The second-order valence-corrected chi connectivity index (χ2v) is 4.55. The van der Waals surface area contributed by atoms with Crippen molar-refractivity contribution >= 4 is 28.4 Å². The van der Waals surface area contributed by atoms with Gasteiger partial charge in [0.2, 0.25) is 0 Å². The molecular formula is C16H15NO4. The van der Waals surface area contributed by atoms with Crippen molar-refractivity contribution in [2.75, 3.05) is 6.61 Å². The summed E-state index contributed by atoms with van der Waals surface area (Å²) in [5.74, 6) is -3.29. The Labute approximate surface area is 121 Å². The minimum absolute atomic E-state index is 0.101. The smallest absolute Gasteiger partial charge is 0.375 e. The largest absolute Gasteiger partial charge is 0.460 e. The summed E-state index contributed by atoms with van der Waals surface area (Å²) in [5.41, 5.74) is 1.05. The number of aromatic nitrogens is 1. The van der Waals surface area contributed by atoms with E-state index in [2.05, 4.69) is 9.72 Å². The SMILES string of the molecule is CCOC(=O)C(=O)C(C)C(=O)c1cccc2ncccc12. The Hall–Kier alpha value is -2.56. The Morgan fingerprint density at radius 3 is 2.67 bits per heavy atom. The van der Waals surface area contributed by atoms with Gasteiger partial charge in [0, 0.05) is 17.1 Å². The van der Waals surface area contributed by atoms with Crippen LogP contribution in [0.3, 0.4) is 0 Å². The number of pyridine rings is 1. The number of fused-ring (bicyclic) bond motifs is 1. The van der Waals surface area contributed by atoms with Crippen LogP contribution in [-0.2, 0) is 14.3 Å². The number of Topliss-reactive ketones (excluding diaryl/α,β-unsaturated/α-hetero) is 2. The van der Waals surface area contributed by atoms with Crippen LogP contribution < -0.4 is 0 Å². The van der Waals surface area contributed by atoms with Gasteiger partial charge >= 0.3 is 5.97 Å². The van der Waals surface area contributed by atoms with Crippen LogP contribution in [0.5, 0.6) is 0 Å². The van der Waals surface area contributed by atoms with Gasteiger partial charge in [-0.05, 0) is 26.0 Å². The molecule has 0 radical (unpaired) electrons. The lowest BCUT2D eigenvalue weighted by Gasteiger charge is -2.10. The number of hydrogen-bond donors (Lipinski definition) is 0. The summed E-state index contributed by atoms with van der Waals surface area (Å²) in [6.45, 7) is 3.12. The maximum atomic E-state index is 12.5. The molecule has 0 aliphatic heterocycles. The van der Waals surface area contributed by atoms with Crippen molar-refractivity contribution in [1.82, 2.24) is 4.98 Å². The molecule has 0 spiro atoms. The topological polar surface area (TPSA) is 73.3 Å². The average molecular weight is 285 g/mol. The summed E-state index contributed by atoms with van der Waals surface area (Å²) < 4.78 is 4.65. The lowest BCUT2D eigenvalue weighted by Crippen LogP contribution is -2.29. The summed E-state index contributed by atoms with van der Waals surface area (Å²) in [5, 5.41) is 0.661. The predicted molar refractivity (Wildman–Crippen MR) is 76.9 cm³/mol. The van der Waals surface area contributed by atoms with Crippen LogP contribution in [-0.4, -0.2) is 29.1 Å². The molecule has 1 heterocycles. The fourth-order valence-electron chi connectivity index (χ4n) is 2.05. The minimum atomic E-state index is -1.07. The standard InChI is InChI=1S/C16H15NO4/c1-3-21-16(20)15(19)10(2)14(18)12-6-4-8-13-11(12)7-5-9-17-13/h4-10H,3H2,1-2H3. The maximum absolute atomic E-state index is 12.5. The maximum Gasteiger partial charge on any atom is 0.375 e. The van der Waals surface area contributed by atoms with E-state index in [-0.39, 0.29) is 6.61 Å². The molecule has 0 fully saturated rings. The van der Waals surface area contributed by atoms with E-state index in [4.69, 9.17) is 0 Å². The van der Waals surface area contributed by atoms with Gasteiger partial charge in [0.25, 0.3) is 5.78 Å². The number of carbonyl (C=O) groups is 3. The van der Waals surface area contributed by atoms with Gasteiger partial charge in [-0.15, -0.1) is 0 Å². The molecule has 1 unspecified atom stereocenters. The summed E-state index contributed by atoms with van der Waals surface area (Å²) >= 11 is 0. The van der Waals surface area contributed by atoms with Crippen LogP contribution in [0.15, 0.2) is 36.5 Å². The highest BCUT2D eigenvalue weighted by Gasteiger charge is 2.30. The third-order valence-electron chi connectivity index (χ3n) is 3.17. The van der Waals surface area contributed by atoms with Crippen molar-refractivity contribution in [3.63, 3.8) is 0 Å². The van der Waals surface area contributed by atoms with Crippen LogP contribution >= 0.6 is 0 Å². The molecule has 5 nitrogen and oxygen atoms in total. The minimum Gasteiger partial charge on any atom is -0.460 e. The molecule has 0 N–H and O–H groups in total. The Balaban J connectivity index is 2.34. The van der Waals surface area contributed by atoms with Crippen LogP contribution in [0.1, 0.15) is 24.2 Å². The molecule has 1 aromatic heterocycles. The summed E-state index contributed by atoms with van der Waals surface area (Å²) in [6.07, 6.45) is 1.63. The second-order valence-electron chi connectivity index (χ2n) is 4.55. The highest BCUT2D eigenvalue weighted by atomic mass is 16.5. The molecule has 21 heavy (non-hydrogen) atoms. The van der Waals surface area contributed by atoms with E-state index in [0.717, 1.165) is 0 Å². The van der Waals surface area contributed by atoms with Crippen LogP contribution in [0.2, 0.25) is 0 Å². The molecule has 2 rings (SSSR count). The molecule has 0 amide bonds. The van der Waals surface area contributed by atoms with E-state index in [1.54, 1.807) is 43.5 Å². The second kappa shape index (κ2) is 6.26. The number of ether oxygens (including phenoxy) is 1. The van der Waals surface area contributed by atoms with E-state index in [9.17, 15) is 14.4 Å². The molecule has 0 bridgehead atoms. The molecule has 0 saturated heterocycles. The third-order valence-corrected chi connectivity index (χ3v) is 3.17. The van der Waals surface area contributed by atoms with E-state index in [0.29, 0.717) is 16.5 Å². The van der Waals surface area contributed by atoms with E-state index in [1.807, 2.05) is 0 Å². The average Bonchev–Trinajstić information content (AvgIpc) is 2.52. The van der Waals surface area contributed by atoms with Crippen molar-refractivity contribution in [1.29, 1.82) is 0 Å². The van der Waals surface area contributed by atoms with E-state index in [1.165, 1.54) is 6.92 Å². The van der Waals surface area contributed by atoms with Crippen LogP contribution in [0.25, 0.3) is 10.9 Å². The molecule has 1 atom stereocenters. The van der Waals surface area contributed by atoms with Crippen molar-refractivity contribution in [2.24, 2.45) is 5.92 Å². The summed E-state index contributed by atoms with van der Waals surface area (Å²) in [6, 6.07) is 8.59. The fourth-order valence-corrected chi connectivity index (χ4v) is 2.05. The Morgan fingerprint density at radius 2 is 1.95 bits per heavy atom. The zero-order chi connectivity index (χ0) is 15.4. The van der Waals surface area contributed by atoms with Gasteiger partial charge in [-0.3, -0.25) is 14.6 Å². The van der Waals surface area contributed by atoms with Crippen LogP contribution in [0, 0.1) is 5.92 Å². The Kier molecular flexibility index (Phi) is 4.42. The summed E-state index contributed by atoms with van der Waals surface area (Å²) in [4.78, 5) is 39.9. The van der Waals surface area contributed by atoms with Gasteiger partial charge < -0.3 is 4.74 Å². The van der Waals surface area contributed by atoms with Gasteiger partial charge in [0.05, 0.1) is 18.0 Å². The number of hydrogen-bond acceptors (Lipinski definition) is 5. The molecule has 5 heteroatoms. The van der Waals surface area contributed by atoms with Crippen molar-refractivity contribution in [3.05, 3.63) is 42.1 Å². The molecule has 0 aliphatic rings. The number of nitrogens with zero attached hydrogens (tertiary/aromatic N) is 1. The van der Waals surface area contributed by atoms with Crippen molar-refractivity contribution in [2.45, 2.75) is 13.8 Å². The lowest BCUT2D eigenvalue weighted by atomic mass is 9.93. The van der Waals surface area contributed by atoms with Gasteiger partial charge in [-0.2, -0.15) is 0 Å². The highest BCUT2D eigenvalue weighted by molar-refractivity contribution is 6.39. The molecule has 108 valence electrons. The van der Waals surface area contributed by atoms with E-state index >= 15 is 0 Å². The normalized spacial score (nSPS) is 11.9. The third kappa shape index (κ3) is 2.97. The van der Waals surface area contributed by atoms with Gasteiger partial charge in [0.1, 0.15) is 0 Å².